The van der Waals surface area contributed by atoms with Gasteiger partial charge in [-0.15, -0.1) is 11.3 Å². The summed E-state index contributed by atoms with van der Waals surface area (Å²) in [5, 5.41) is 17.4. The van der Waals surface area contributed by atoms with Crippen LogP contribution in [0.2, 0.25) is 0 Å². The molecular weight excluding hydrogens is 458 g/mol. The Labute approximate surface area is 208 Å². The Balaban J connectivity index is 0.00000124. The lowest BCUT2D eigenvalue weighted by molar-refractivity contribution is 0.0979. The van der Waals surface area contributed by atoms with Crippen molar-refractivity contribution < 1.29 is 9.90 Å². The van der Waals surface area contributed by atoms with Gasteiger partial charge in [-0.05, 0) is 30.9 Å². The number of anilines is 1. The van der Waals surface area contributed by atoms with Gasteiger partial charge in [-0.2, -0.15) is 5.10 Å². The number of H-pyrrole nitrogens is 1. The third-order valence-electron chi connectivity index (χ3n) is 6.83. The summed E-state index contributed by atoms with van der Waals surface area (Å²) in [6, 6.07) is 15.9. The third kappa shape index (κ3) is 4.39. The molecule has 0 saturated heterocycles. The summed E-state index contributed by atoms with van der Waals surface area (Å²) in [7, 11) is 1.00. The molecule has 6 rings (SSSR count). The van der Waals surface area contributed by atoms with Crippen LogP contribution in [0.25, 0.3) is 22.6 Å². The molecule has 0 radical (unpaired) electrons. The number of rotatable bonds is 4. The highest BCUT2D eigenvalue weighted by molar-refractivity contribution is 7.14. The number of carbonyl (C=O) groups excluding carboxylic acids is 1. The first-order chi connectivity index (χ1) is 17.3. The van der Waals surface area contributed by atoms with Crippen molar-refractivity contribution in [3.8, 4) is 22.6 Å². The van der Waals surface area contributed by atoms with Crippen molar-refractivity contribution in [1.82, 2.24) is 20.2 Å². The molecule has 1 aliphatic heterocycles. The number of nitrogens with zero attached hydrogens (tertiary/aromatic N) is 4. The Morgan fingerprint density at radius 1 is 0.971 bits per heavy atom. The van der Waals surface area contributed by atoms with Crippen molar-refractivity contribution in [1.29, 1.82) is 0 Å². The zero-order chi connectivity index (χ0) is 24.2. The number of thiazole rings is 1. The average Bonchev–Trinajstić information content (AvgIpc) is 3.57. The summed E-state index contributed by atoms with van der Waals surface area (Å²) >= 11 is 1.51. The molecule has 2 N–H and O–H groups in total. The molecule has 1 atom stereocenters. The van der Waals surface area contributed by atoms with E-state index in [0.717, 1.165) is 53.3 Å². The summed E-state index contributed by atoms with van der Waals surface area (Å²) in [6.45, 7) is 0. The zero-order valence-electron chi connectivity index (χ0n) is 19.7. The van der Waals surface area contributed by atoms with E-state index in [1.165, 1.54) is 37.0 Å². The molecular formula is C27H29N5O2S. The molecule has 1 amide bonds. The molecule has 8 heteroatoms. The first-order valence-electron chi connectivity index (χ1n) is 12.1. The number of aromatic nitrogens is 4. The standard InChI is InChI=1S/C26H25N5OS.CH4O/c32-25-23-21(22(29-30-23)17-10-6-3-7-11-17)24(18-12-4-1-2-5-13-18)31(25)26-28-20(16-33-26)19-14-8-9-15-27-19;1-2/h3,6-11,14-16,18,24H,1-2,4-5,12-13H2,(H,29,30);2H,1H3. The molecule has 1 unspecified atom stereocenters. The lowest BCUT2D eigenvalue weighted by atomic mass is 9.86. The second kappa shape index (κ2) is 10.5. The molecule has 1 fully saturated rings. The zero-order valence-corrected chi connectivity index (χ0v) is 20.5. The van der Waals surface area contributed by atoms with E-state index in [1.807, 2.05) is 46.7 Å². The quantitative estimate of drug-likeness (QED) is 0.351. The number of nitrogens with one attached hydrogen (secondary N) is 1. The fourth-order valence-corrected chi connectivity index (χ4v) is 6.13. The third-order valence-corrected chi connectivity index (χ3v) is 7.67. The molecule has 3 aromatic heterocycles. The van der Waals surface area contributed by atoms with Crippen molar-refractivity contribution in [2.24, 2.45) is 5.92 Å². The number of aromatic amines is 1. The van der Waals surface area contributed by atoms with Crippen LogP contribution < -0.4 is 4.90 Å². The predicted molar refractivity (Wildman–Crippen MR) is 138 cm³/mol. The molecule has 0 bridgehead atoms. The number of pyridine rings is 1. The number of amides is 1. The minimum absolute atomic E-state index is 0.0316. The molecule has 35 heavy (non-hydrogen) atoms. The van der Waals surface area contributed by atoms with Gasteiger partial charge in [0.05, 0.1) is 17.4 Å². The number of aliphatic hydroxyl groups is 1. The number of carbonyl (C=O) groups is 1. The van der Waals surface area contributed by atoms with Gasteiger partial charge in [-0.25, -0.2) is 4.98 Å². The van der Waals surface area contributed by atoms with E-state index in [-0.39, 0.29) is 11.9 Å². The van der Waals surface area contributed by atoms with Crippen LogP contribution in [0, 0.1) is 5.92 Å². The van der Waals surface area contributed by atoms with Crippen molar-refractivity contribution in [2.75, 3.05) is 12.0 Å². The molecule has 1 saturated carbocycles. The summed E-state index contributed by atoms with van der Waals surface area (Å²) in [5.74, 6) is 0.357. The van der Waals surface area contributed by atoms with Crippen LogP contribution in [0.3, 0.4) is 0 Å². The van der Waals surface area contributed by atoms with Crippen LogP contribution in [0.15, 0.2) is 60.1 Å². The SMILES string of the molecule is CO.O=C1c2[nH]nc(-c3ccccc3)c2C(C2CCCCCC2)N1c1nc(-c2ccccn2)cs1. The maximum atomic E-state index is 13.7. The Bertz CT molecular complexity index is 1260. The van der Waals surface area contributed by atoms with E-state index in [4.69, 9.17) is 10.1 Å². The van der Waals surface area contributed by atoms with Gasteiger partial charge < -0.3 is 5.11 Å². The van der Waals surface area contributed by atoms with Crippen molar-refractivity contribution in [3.05, 3.63) is 71.4 Å². The average molecular weight is 488 g/mol. The van der Waals surface area contributed by atoms with Gasteiger partial charge in [0.1, 0.15) is 11.4 Å². The van der Waals surface area contributed by atoms with Crippen LogP contribution in [0.5, 0.6) is 0 Å². The van der Waals surface area contributed by atoms with Crippen LogP contribution in [-0.4, -0.2) is 38.3 Å². The fraction of sp³-hybridized carbons (Fsp3) is 0.333. The van der Waals surface area contributed by atoms with E-state index in [1.54, 1.807) is 6.20 Å². The Morgan fingerprint density at radius 3 is 2.43 bits per heavy atom. The second-order valence-electron chi connectivity index (χ2n) is 8.83. The van der Waals surface area contributed by atoms with E-state index in [2.05, 4.69) is 27.3 Å². The summed E-state index contributed by atoms with van der Waals surface area (Å²) in [4.78, 5) is 25.0. The van der Waals surface area contributed by atoms with Gasteiger partial charge in [0.2, 0.25) is 0 Å². The monoisotopic (exact) mass is 487 g/mol. The van der Waals surface area contributed by atoms with Gasteiger partial charge in [0, 0.05) is 29.8 Å². The Morgan fingerprint density at radius 2 is 1.71 bits per heavy atom. The number of aliphatic hydroxyl groups excluding tert-OH is 1. The topological polar surface area (TPSA) is 95.0 Å². The number of hydrogen-bond donors (Lipinski definition) is 2. The Hall–Kier alpha value is -3.36. The van der Waals surface area contributed by atoms with Crippen molar-refractivity contribution in [3.63, 3.8) is 0 Å². The van der Waals surface area contributed by atoms with Crippen LogP contribution in [-0.2, 0) is 0 Å². The molecule has 180 valence electrons. The van der Waals surface area contributed by atoms with Crippen molar-refractivity contribution in [2.45, 2.75) is 44.6 Å². The first-order valence-corrected chi connectivity index (χ1v) is 13.0. The smallest absolute Gasteiger partial charge is 0.279 e. The summed E-state index contributed by atoms with van der Waals surface area (Å²) in [6.07, 6.45) is 8.94. The maximum Gasteiger partial charge on any atom is 0.279 e. The van der Waals surface area contributed by atoms with Crippen LogP contribution in [0.4, 0.5) is 5.13 Å². The van der Waals surface area contributed by atoms with Gasteiger partial charge in [0.25, 0.3) is 5.91 Å². The lowest BCUT2D eigenvalue weighted by Crippen LogP contribution is -2.33. The van der Waals surface area contributed by atoms with E-state index in [0.29, 0.717) is 11.6 Å². The maximum absolute atomic E-state index is 13.7. The minimum atomic E-state index is -0.0534. The fourth-order valence-electron chi connectivity index (χ4n) is 5.28. The highest BCUT2D eigenvalue weighted by atomic mass is 32.1. The van der Waals surface area contributed by atoms with Gasteiger partial charge in [0.15, 0.2) is 5.13 Å². The lowest BCUT2D eigenvalue weighted by Gasteiger charge is -2.30. The van der Waals surface area contributed by atoms with E-state index in [9.17, 15) is 4.79 Å². The molecule has 2 aliphatic rings. The van der Waals surface area contributed by atoms with Gasteiger partial charge in [-0.3, -0.25) is 19.8 Å². The molecule has 7 nitrogen and oxygen atoms in total. The molecule has 0 spiro atoms. The summed E-state index contributed by atoms with van der Waals surface area (Å²) in [5.41, 5.74) is 5.20. The Kier molecular flexibility index (Phi) is 7.01. The highest BCUT2D eigenvalue weighted by Gasteiger charge is 2.46. The number of fused-ring (bicyclic) bond motifs is 1. The van der Waals surface area contributed by atoms with E-state index >= 15 is 0 Å². The number of hydrogen-bond acceptors (Lipinski definition) is 6. The van der Waals surface area contributed by atoms with Crippen molar-refractivity contribution >= 4 is 22.4 Å². The van der Waals surface area contributed by atoms with Gasteiger partial charge in [-0.1, -0.05) is 62.1 Å². The normalized spacial score (nSPS) is 18.1. The predicted octanol–water partition coefficient (Wildman–Crippen LogP) is 5.88. The van der Waals surface area contributed by atoms with Crippen LogP contribution >= 0.6 is 11.3 Å². The van der Waals surface area contributed by atoms with Crippen LogP contribution in [0.1, 0.15) is 60.6 Å². The number of benzene rings is 1. The van der Waals surface area contributed by atoms with E-state index < -0.39 is 0 Å². The molecule has 4 heterocycles. The highest BCUT2D eigenvalue weighted by Crippen LogP contribution is 2.49. The molecule has 4 aromatic rings. The first kappa shape index (κ1) is 23.4. The second-order valence-corrected chi connectivity index (χ2v) is 9.67. The minimum Gasteiger partial charge on any atom is -0.400 e. The van der Waals surface area contributed by atoms with Gasteiger partial charge >= 0.3 is 0 Å². The largest absolute Gasteiger partial charge is 0.400 e. The summed E-state index contributed by atoms with van der Waals surface area (Å²) < 4.78 is 0. The molecule has 1 aliphatic carbocycles. The molecule has 1 aromatic carbocycles.